The number of hydrogen-bond acceptors (Lipinski definition) is 3. The standard InChI is InChI=1S/C20H24O4/c1-2-3-4-5-6-9-14-24-20(23)18-16-11-8-7-10-15(16)12-13-17(18)19(21)22/h7-8,10-13H,2-6,9,14H2,1H3,(H,21,22). The second kappa shape index (κ2) is 9.06. The summed E-state index contributed by atoms with van der Waals surface area (Å²) >= 11 is 0. The van der Waals surface area contributed by atoms with Crippen molar-refractivity contribution in [2.75, 3.05) is 6.61 Å². The Labute approximate surface area is 142 Å². The Morgan fingerprint density at radius 3 is 2.42 bits per heavy atom. The van der Waals surface area contributed by atoms with Crippen LogP contribution >= 0.6 is 0 Å². The van der Waals surface area contributed by atoms with Gasteiger partial charge in [-0.2, -0.15) is 0 Å². The molecule has 4 heteroatoms. The van der Waals surface area contributed by atoms with Crippen molar-refractivity contribution in [1.29, 1.82) is 0 Å². The molecule has 0 saturated carbocycles. The van der Waals surface area contributed by atoms with Gasteiger partial charge in [-0.25, -0.2) is 9.59 Å². The van der Waals surface area contributed by atoms with Crippen LogP contribution in [-0.4, -0.2) is 23.7 Å². The number of carbonyl (C=O) groups excluding carboxylic acids is 1. The predicted molar refractivity (Wildman–Crippen MR) is 94.6 cm³/mol. The molecule has 0 spiro atoms. The van der Waals surface area contributed by atoms with Gasteiger partial charge in [0, 0.05) is 0 Å². The third-order valence-electron chi connectivity index (χ3n) is 4.09. The normalized spacial score (nSPS) is 10.7. The van der Waals surface area contributed by atoms with Crippen LogP contribution in [0.2, 0.25) is 0 Å². The van der Waals surface area contributed by atoms with Gasteiger partial charge in [0.1, 0.15) is 0 Å². The summed E-state index contributed by atoms with van der Waals surface area (Å²) in [4.78, 5) is 23.9. The maximum Gasteiger partial charge on any atom is 0.339 e. The molecule has 0 saturated heterocycles. The Kier molecular flexibility index (Phi) is 6.79. The van der Waals surface area contributed by atoms with Gasteiger partial charge in [-0.1, -0.05) is 69.4 Å². The Morgan fingerprint density at radius 2 is 1.67 bits per heavy atom. The first-order valence-corrected chi connectivity index (χ1v) is 8.57. The van der Waals surface area contributed by atoms with Crippen LogP contribution in [0.1, 0.15) is 66.2 Å². The van der Waals surface area contributed by atoms with Gasteiger partial charge in [0.15, 0.2) is 0 Å². The van der Waals surface area contributed by atoms with E-state index in [-0.39, 0.29) is 11.1 Å². The minimum atomic E-state index is -1.12. The molecule has 1 N–H and O–H groups in total. The number of carboxylic acid groups (broad SMARTS) is 1. The first kappa shape index (κ1) is 18.0. The van der Waals surface area contributed by atoms with Crippen LogP contribution in [0.5, 0.6) is 0 Å². The molecule has 2 rings (SSSR count). The molecule has 2 aromatic rings. The van der Waals surface area contributed by atoms with E-state index in [1.165, 1.54) is 25.3 Å². The van der Waals surface area contributed by atoms with Gasteiger partial charge in [-0.3, -0.25) is 0 Å². The highest BCUT2D eigenvalue weighted by Gasteiger charge is 2.20. The maximum absolute atomic E-state index is 12.4. The van der Waals surface area contributed by atoms with Gasteiger partial charge in [0.25, 0.3) is 0 Å². The molecule has 24 heavy (non-hydrogen) atoms. The first-order valence-electron chi connectivity index (χ1n) is 8.57. The fraction of sp³-hybridized carbons (Fsp3) is 0.400. The fourth-order valence-electron chi connectivity index (χ4n) is 2.79. The van der Waals surface area contributed by atoms with E-state index < -0.39 is 11.9 Å². The monoisotopic (exact) mass is 328 g/mol. The number of fused-ring (bicyclic) bond motifs is 1. The highest BCUT2D eigenvalue weighted by Crippen LogP contribution is 2.23. The van der Waals surface area contributed by atoms with Crippen molar-refractivity contribution >= 4 is 22.7 Å². The lowest BCUT2D eigenvalue weighted by molar-refractivity contribution is 0.0490. The van der Waals surface area contributed by atoms with Crippen molar-refractivity contribution in [3.8, 4) is 0 Å². The number of ether oxygens (including phenoxy) is 1. The zero-order valence-corrected chi connectivity index (χ0v) is 14.1. The van der Waals surface area contributed by atoms with Crippen LogP contribution in [0.4, 0.5) is 0 Å². The number of carbonyl (C=O) groups is 2. The topological polar surface area (TPSA) is 63.6 Å². The first-order chi connectivity index (χ1) is 11.6. The molecule has 0 bridgehead atoms. The van der Waals surface area contributed by atoms with Crippen LogP contribution in [0.25, 0.3) is 10.8 Å². The highest BCUT2D eigenvalue weighted by atomic mass is 16.5. The Bertz CT molecular complexity index is 706. The number of unbranched alkanes of at least 4 members (excludes halogenated alkanes) is 5. The Hall–Kier alpha value is -2.36. The molecule has 2 aromatic carbocycles. The molecule has 0 aromatic heterocycles. The zero-order chi connectivity index (χ0) is 17.4. The highest BCUT2D eigenvalue weighted by molar-refractivity contribution is 6.12. The van der Waals surface area contributed by atoms with Crippen molar-refractivity contribution in [2.24, 2.45) is 0 Å². The van der Waals surface area contributed by atoms with Gasteiger partial charge in [-0.15, -0.1) is 0 Å². The average molecular weight is 328 g/mol. The Balaban J connectivity index is 2.05. The van der Waals surface area contributed by atoms with Crippen molar-refractivity contribution in [3.63, 3.8) is 0 Å². The molecular weight excluding hydrogens is 304 g/mol. The van der Waals surface area contributed by atoms with Crippen LogP contribution in [0.3, 0.4) is 0 Å². The quantitative estimate of drug-likeness (QED) is 0.516. The van der Waals surface area contributed by atoms with Crippen molar-refractivity contribution < 1.29 is 19.4 Å². The summed E-state index contributed by atoms with van der Waals surface area (Å²) in [5.41, 5.74) is 0.133. The summed E-state index contributed by atoms with van der Waals surface area (Å²) < 4.78 is 5.33. The molecule has 4 nitrogen and oxygen atoms in total. The number of carboxylic acids is 1. The van der Waals surface area contributed by atoms with E-state index in [0.29, 0.717) is 12.0 Å². The second-order valence-corrected chi connectivity index (χ2v) is 5.92. The van der Waals surface area contributed by atoms with Crippen molar-refractivity contribution in [3.05, 3.63) is 47.5 Å². The summed E-state index contributed by atoms with van der Waals surface area (Å²) in [5.74, 6) is -1.68. The van der Waals surface area contributed by atoms with Gasteiger partial charge in [0.05, 0.1) is 17.7 Å². The molecule has 0 radical (unpaired) electrons. The van der Waals surface area contributed by atoms with Crippen molar-refractivity contribution in [2.45, 2.75) is 45.4 Å². The second-order valence-electron chi connectivity index (χ2n) is 5.92. The largest absolute Gasteiger partial charge is 0.478 e. The van der Waals surface area contributed by atoms with Gasteiger partial charge in [0.2, 0.25) is 0 Å². The predicted octanol–water partition coefficient (Wildman–Crippen LogP) is 5.06. The van der Waals surface area contributed by atoms with Gasteiger partial charge < -0.3 is 9.84 Å². The fourth-order valence-corrected chi connectivity index (χ4v) is 2.79. The van der Waals surface area contributed by atoms with Crippen LogP contribution in [0, 0.1) is 0 Å². The van der Waals surface area contributed by atoms with E-state index in [4.69, 9.17) is 4.74 Å². The third kappa shape index (κ3) is 4.57. The van der Waals surface area contributed by atoms with E-state index in [0.717, 1.165) is 24.6 Å². The molecule has 0 aliphatic heterocycles. The molecular formula is C20H24O4. The van der Waals surface area contributed by atoms with E-state index >= 15 is 0 Å². The zero-order valence-electron chi connectivity index (χ0n) is 14.1. The van der Waals surface area contributed by atoms with E-state index in [9.17, 15) is 14.7 Å². The molecule has 128 valence electrons. The lowest BCUT2D eigenvalue weighted by atomic mass is 9.99. The summed E-state index contributed by atoms with van der Waals surface area (Å²) in [6, 6.07) is 10.4. The maximum atomic E-state index is 12.4. The van der Waals surface area contributed by atoms with Crippen molar-refractivity contribution in [1.82, 2.24) is 0 Å². The molecule has 0 amide bonds. The molecule has 0 atom stereocenters. The van der Waals surface area contributed by atoms with E-state index in [1.807, 2.05) is 12.1 Å². The van der Waals surface area contributed by atoms with Gasteiger partial charge in [-0.05, 0) is 23.3 Å². The average Bonchev–Trinajstić information content (AvgIpc) is 2.59. The van der Waals surface area contributed by atoms with E-state index in [1.54, 1.807) is 18.2 Å². The minimum absolute atomic E-state index is 0.0124. The smallest absolute Gasteiger partial charge is 0.339 e. The van der Waals surface area contributed by atoms with Crippen LogP contribution < -0.4 is 0 Å². The van der Waals surface area contributed by atoms with Crippen LogP contribution in [0.15, 0.2) is 36.4 Å². The van der Waals surface area contributed by atoms with Crippen LogP contribution in [-0.2, 0) is 4.74 Å². The number of aromatic carboxylic acids is 1. The summed E-state index contributed by atoms with van der Waals surface area (Å²) in [7, 11) is 0. The van der Waals surface area contributed by atoms with Gasteiger partial charge >= 0.3 is 11.9 Å². The summed E-state index contributed by atoms with van der Waals surface area (Å²) in [5, 5.41) is 10.8. The Morgan fingerprint density at radius 1 is 0.958 bits per heavy atom. The number of rotatable bonds is 9. The molecule has 0 aliphatic rings. The van der Waals surface area contributed by atoms with E-state index in [2.05, 4.69) is 6.92 Å². The lowest BCUT2D eigenvalue weighted by Crippen LogP contribution is -2.13. The third-order valence-corrected chi connectivity index (χ3v) is 4.09. The SMILES string of the molecule is CCCCCCCCOC(=O)c1c(C(=O)O)ccc2ccccc12. The number of hydrogen-bond donors (Lipinski definition) is 1. The minimum Gasteiger partial charge on any atom is -0.478 e. The lowest BCUT2D eigenvalue weighted by Gasteiger charge is -2.10. The molecule has 0 aliphatic carbocycles. The summed E-state index contributed by atoms with van der Waals surface area (Å²) in [6.07, 6.45) is 6.61. The number of benzene rings is 2. The molecule has 0 heterocycles. The number of esters is 1. The molecule has 0 unspecified atom stereocenters. The molecule has 0 fully saturated rings. The summed E-state index contributed by atoms with van der Waals surface area (Å²) in [6.45, 7) is 2.50.